The van der Waals surface area contributed by atoms with Crippen LogP contribution in [0.1, 0.15) is 6.92 Å². The molecule has 0 radical (unpaired) electrons. The van der Waals surface area contributed by atoms with Crippen molar-refractivity contribution in [2.75, 3.05) is 6.26 Å². The summed E-state index contributed by atoms with van der Waals surface area (Å²) < 4.78 is 0.567. The maximum atomic E-state index is 5.52. The molecule has 0 bridgehead atoms. The van der Waals surface area contributed by atoms with Gasteiger partial charge in [-0.25, -0.2) is 0 Å². The van der Waals surface area contributed by atoms with E-state index in [0.717, 1.165) is 0 Å². The molecule has 0 rings (SSSR count). The highest BCUT2D eigenvalue weighted by Gasteiger charge is 2.04. The highest BCUT2D eigenvalue weighted by Crippen LogP contribution is 2.16. The SMILES string of the molecule is CSC(I)[C@H](C)N. The topological polar surface area (TPSA) is 26.0 Å². The molecule has 0 aliphatic heterocycles. The lowest BCUT2D eigenvalue weighted by Gasteiger charge is -2.08. The monoisotopic (exact) mass is 231 g/mol. The molecule has 0 saturated carbocycles. The fourth-order valence-electron chi connectivity index (χ4n) is 0.215. The summed E-state index contributed by atoms with van der Waals surface area (Å²) in [6, 6.07) is 0.315. The molecule has 2 N–H and O–H groups in total. The molecule has 0 saturated heterocycles. The van der Waals surface area contributed by atoms with Crippen LogP contribution < -0.4 is 5.73 Å². The molecule has 0 amide bonds. The van der Waals surface area contributed by atoms with E-state index in [1.54, 1.807) is 11.8 Å². The molecule has 0 fully saturated rings. The molecule has 7 heavy (non-hydrogen) atoms. The van der Waals surface area contributed by atoms with Gasteiger partial charge < -0.3 is 5.73 Å². The predicted molar refractivity (Wildman–Crippen MR) is 45.0 cm³/mol. The molecule has 0 aliphatic carbocycles. The van der Waals surface area contributed by atoms with Gasteiger partial charge >= 0.3 is 0 Å². The first-order valence-corrected chi connectivity index (χ1v) is 4.64. The first-order valence-electron chi connectivity index (χ1n) is 2.11. The van der Waals surface area contributed by atoms with Crippen LogP contribution in [0, 0.1) is 0 Å². The highest BCUT2D eigenvalue weighted by atomic mass is 127. The molecule has 2 atom stereocenters. The number of nitrogens with two attached hydrogens (primary N) is 1. The van der Waals surface area contributed by atoms with Crippen LogP contribution in [0.4, 0.5) is 0 Å². The summed E-state index contributed by atoms with van der Waals surface area (Å²) >= 11 is 4.13. The second-order valence-electron chi connectivity index (χ2n) is 1.45. The zero-order valence-electron chi connectivity index (χ0n) is 4.52. The lowest BCUT2D eigenvalue weighted by Crippen LogP contribution is -2.23. The van der Waals surface area contributed by atoms with Crippen LogP contribution in [-0.2, 0) is 0 Å². The van der Waals surface area contributed by atoms with Crippen LogP contribution in [0.15, 0.2) is 0 Å². The van der Waals surface area contributed by atoms with Gasteiger partial charge in [0.25, 0.3) is 0 Å². The molecule has 0 aromatic carbocycles. The lowest BCUT2D eigenvalue weighted by molar-refractivity contribution is 0.833. The van der Waals surface area contributed by atoms with E-state index in [0.29, 0.717) is 9.30 Å². The molecule has 0 aromatic heterocycles. The number of alkyl halides is 1. The third kappa shape index (κ3) is 3.61. The van der Waals surface area contributed by atoms with Gasteiger partial charge in [0.05, 0.1) is 3.26 Å². The Labute approximate surface area is 62.6 Å². The Hall–Kier alpha value is 1.04. The molecule has 1 unspecified atom stereocenters. The third-order valence-electron chi connectivity index (χ3n) is 0.639. The number of hydrogen-bond acceptors (Lipinski definition) is 2. The molecular formula is C4H10INS. The van der Waals surface area contributed by atoms with Crippen molar-refractivity contribution in [2.24, 2.45) is 5.73 Å². The molecule has 3 heteroatoms. The zero-order chi connectivity index (χ0) is 5.86. The van der Waals surface area contributed by atoms with Crippen molar-refractivity contribution in [3.63, 3.8) is 0 Å². The van der Waals surface area contributed by atoms with Gasteiger partial charge in [-0.15, -0.1) is 11.8 Å². The van der Waals surface area contributed by atoms with Crippen LogP contribution in [-0.4, -0.2) is 15.6 Å². The average molecular weight is 231 g/mol. The summed E-state index contributed by atoms with van der Waals surface area (Å²) in [4.78, 5) is 0. The molecular weight excluding hydrogens is 221 g/mol. The van der Waals surface area contributed by atoms with E-state index in [2.05, 4.69) is 28.8 Å². The largest absolute Gasteiger partial charge is 0.326 e. The second-order valence-corrected chi connectivity index (χ2v) is 4.61. The van der Waals surface area contributed by atoms with Gasteiger partial charge in [-0.2, -0.15) is 0 Å². The molecule has 0 heterocycles. The Bertz CT molecular complexity index is 49.0. The number of thioether (sulfide) groups is 1. The Morgan fingerprint density at radius 3 is 2.14 bits per heavy atom. The van der Waals surface area contributed by atoms with Crippen molar-refractivity contribution in [1.29, 1.82) is 0 Å². The van der Waals surface area contributed by atoms with Crippen molar-refractivity contribution < 1.29 is 0 Å². The van der Waals surface area contributed by atoms with E-state index in [4.69, 9.17) is 5.73 Å². The maximum absolute atomic E-state index is 5.52. The fraction of sp³-hybridized carbons (Fsp3) is 1.00. The first kappa shape index (κ1) is 8.04. The minimum atomic E-state index is 0.315. The lowest BCUT2D eigenvalue weighted by atomic mass is 10.4. The van der Waals surface area contributed by atoms with Gasteiger partial charge in [-0.05, 0) is 13.2 Å². The van der Waals surface area contributed by atoms with Gasteiger partial charge in [0.2, 0.25) is 0 Å². The summed E-state index contributed by atoms with van der Waals surface area (Å²) in [5.41, 5.74) is 5.52. The Kier molecular flexibility index (Phi) is 4.56. The van der Waals surface area contributed by atoms with Crippen LogP contribution in [0.3, 0.4) is 0 Å². The number of rotatable bonds is 2. The van der Waals surface area contributed by atoms with Crippen molar-refractivity contribution in [3.05, 3.63) is 0 Å². The van der Waals surface area contributed by atoms with Gasteiger partial charge in [0, 0.05) is 6.04 Å². The number of hydrogen-bond donors (Lipinski definition) is 1. The van der Waals surface area contributed by atoms with Crippen molar-refractivity contribution in [2.45, 2.75) is 16.2 Å². The van der Waals surface area contributed by atoms with Crippen LogP contribution in [0.25, 0.3) is 0 Å². The van der Waals surface area contributed by atoms with Gasteiger partial charge in [-0.3, -0.25) is 0 Å². The van der Waals surface area contributed by atoms with Crippen LogP contribution in [0.2, 0.25) is 0 Å². The van der Waals surface area contributed by atoms with E-state index < -0.39 is 0 Å². The summed E-state index contributed by atoms with van der Waals surface area (Å²) in [7, 11) is 0. The van der Waals surface area contributed by atoms with Gasteiger partial charge in [0.1, 0.15) is 0 Å². The summed E-state index contributed by atoms with van der Waals surface area (Å²) in [5.74, 6) is 0. The zero-order valence-corrected chi connectivity index (χ0v) is 7.49. The van der Waals surface area contributed by atoms with Crippen LogP contribution >= 0.6 is 34.4 Å². The molecule has 44 valence electrons. The Balaban J connectivity index is 3.14. The van der Waals surface area contributed by atoms with Crippen LogP contribution in [0.5, 0.6) is 0 Å². The standard InChI is InChI=1S/C4H10INS/c1-3(6)4(5)7-2/h3-4H,6H2,1-2H3/t3-,4?/m0/s1. The van der Waals surface area contributed by atoms with Crippen molar-refractivity contribution >= 4 is 34.4 Å². The average Bonchev–Trinajstić information content (AvgIpc) is 1.65. The first-order chi connectivity index (χ1) is 3.18. The smallest absolute Gasteiger partial charge is 0.0709 e. The molecule has 0 spiro atoms. The maximum Gasteiger partial charge on any atom is 0.0709 e. The highest BCUT2D eigenvalue weighted by molar-refractivity contribution is 14.1. The van der Waals surface area contributed by atoms with E-state index >= 15 is 0 Å². The van der Waals surface area contributed by atoms with Gasteiger partial charge in [-0.1, -0.05) is 22.6 Å². The summed E-state index contributed by atoms with van der Waals surface area (Å²) in [6.07, 6.45) is 2.07. The molecule has 0 aromatic rings. The molecule has 1 nitrogen and oxygen atoms in total. The minimum Gasteiger partial charge on any atom is -0.326 e. The van der Waals surface area contributed by atoms with Crippen molar-refractivity contribution in [3.8, 4) is 0 Å². The Morgan fingerprint density at radius 1 is 1.71 bits per heavy atom. The minimum absolute atomic E-state index is 0.315. The summed E-state index contributed by atoms with van der Waals surface area (Å²) in [5, 5.41) is 0. The van der Waals surface area contributed by atoms with Gasteiger partial charge in [0.15, 0.2) is 0 Å². The van der Waals surface area contributed by atoms with E-state index in [1.807, 2.05) is 6.92 Å². The predicted octanol–water partition coefficient (Wildman–Crippen LogP) is 1.46. The Morgan fingerprint density at radius 2 is 2.14 bits per heavy atom. The summed E-state index contributed by atoms with van der Waals surface area (Å²) in [6.45, 7) is 2.02. The van der Waals surface area contributed by atoms with Crippen molar-refractivity contribution in [1.82, 2.24) is 0 Å². The number of halogens is 1. The van der Waals surface area contributed by atoms with E-state index in [9.17, 15) is 0 Å². The fourth-order valence-corrected chi connectivity index (χ4v) is 0.644. The van der Waals surface area contributed by atoms with E-state index in [-0.39, 0.29) is 0 Å². The van der Waals surface area contributed by atoms with E-state index in [1.165, 1.54) is 0 Å². The third-order valence-corrected chi connectivity index (χ3v) is 4.18. The quantitative estimate of drug-likeness (QED) is 0.575. The second kappa shape index (κ2) is 3.97. The normalized spacial score (nSPS) is 18.9. The molecule has 0 aliphatic rings.